The molecule has 0 spiro atoms. The molecular weight excluding hydrogens is 217 g/mol. The molecule has 0 heterocycles. The van der Waals surface area contributed by atoms with E-state index >= 15 is 0 Å². The first-order chi connectivity index (χ1) is 8.31. The summed E-state index contributed by atoms with van der Waals surface area (Å²) in [6.07, 6.45) is 4.46. The van der Waals surface area contributed by atoms with E-state index in [0.717, 1.165) is 18.5 Å². The van der Waals surface area contributed by atoms with Crippen molar-refractivity contribution in [3.63, 3.8) is 0 Å². The fraction of sp³-hybridized carbons (Fsp3) is 0.571. The SMILES string of the molecule is OCCCN(Cc1ccccc1F)C1CCC1. The van der Waals surface area contributed by atoms with Crippen LogP contribution < -0.4 is 0 Å². The number of hydrogen-bond donors (Lipinski definition) is 1. The fourth-order valence-corrected chi connectivity index (χ4v) is 2.26. The largest absolute Gasteiger partial charge is 0.396 e. The van der Waals surface area contributed by atoms with Crippen LogP contribution in [0.3, 0.4) is 0 Å². The molecule has 0 bridgehead atoms. The third-order valence-electron chi connectivity index (χ3n) is 3.53. The molecule has 0 unspecified atom stereocenters. The van der Waals surface area contributed by atoms with Crippen LogP contribution in [0.4, 0.5) is 4.39 Å². The number of aliphatic hydroxyl groups excluding tert-OH is 1. The van der Waals surface area contributed by atoms with Gasteiger partial charge in [-0.2, -0.15) is 0 Å². The molecule has 0 radical (unpaired) electrons. The summed E-state index contributed by atoms with van der Waals surface area (Å²) in [4.78, 5) is 2.30. The van der Waals surface area contributed by atoms with Gasteiger partial charge in [0.15, 0.2) is 0 Å². The Bertz CT molecular complexity index is 352. The Kier molecular flexibility index (Phi) is 4.51. The van der Waals surface area contributed by atoms with E-state index in [1.54, 1.807) is 6.07 Å². The summed E-state index contributed by atoms with van der Waals surface area (Å²) in [5.74, 6) is -0.124. The van der Waals surface area contributed by atoms with Crippen molar-refractivity contribution >= 4 is 0 Å². The third kappa shape index (κ3) is 3.27. The van der Waals surface area contributed by atoms with Crippen LogP contribution in [0.5, 0.6) is 0 Å². The Hall–Kier alpha value is -0.930. The Labute approximate surface area is 102 Å². The molecule has 0 amide bonds. The molecule has 94 valence electrons. The highest BCUT2D eigenvalue weighted by atomic mass is 19.1. The van der Waals surface area contributed by atoms with E-state index in [2.05, 4.69) is 4.90 Å². The van der Waals surface area contributed by atoms with Crippen molar-refractivity contribution in [2.24, 2.45) is 0 Å². The molecule has 2 nitrogen and oxygen atoms in total. The van der Waals surface area contributed by atoms with Crippen LogP contribution in [0.2, 0.25) is 0 Å². The number of aliphatic hydroxyl groups is 1. The highest BCUT2D eigenvalue weighted by Crippen LogP contribution is 2.26. The van der Waals surface area contributed by atoms with Crippen LogP contribution in [-0.4, -0.2) is 29.2 Å². The van der Waals surface area contributed by atoms with E-state index in [9.17, 15) is 4.39 Å². The summed E-state index contributed by atoms with van der Waals surface area (Å²) >= 11 is 0. The van der Waals surface area contributed by atoms with Crippen LogP contribution >= 0.6 is 0 Å². The van der Waals surface area contributed by atoms with Gasteiger partial charge in [0, 0.05) is 31.3 Å². The van der Waals surface area contributed by atoms with Crippen LogP contribution in [-0.2, 0) is 6.54 Å². The molecule has 0 saturated heterocycles. The van der Waals surface area contributed by atoms with Crippen LogP contribution in [0.1, 0.15) is 31.2 Å². The molecule has 1 aromatic rings. The molecule has 1 aliphatic rings. The van der Waals surface area contributed by atoms with Crippen molar-refractivity contribution in [1.82, 2.24) is 4.90 Å². The topological polar surface area (TPSA) is 23.5 Å². The Morgan fingerprint density at radius 2 is 2.06 bits per heavy atom. The average molecular weight is 237 g/mol. The zero-order chi connectivity index (χ0) is 12.1. The molecule has 2 rings (SSSR count). The van der Waals surface area contributed by atoms with Gasteiger partial charge in [-0.1, -0.05) is 24.6 Å². The van der Waals surface area contributed by atoms with E-state index in [-0.39, 0.29) is 12.4 Å². The standard InChI is InChI=1S/C14H20FNO/c15-14-8-2-1-5-12(14)11-16(9-4-10-17)13-6-3-7-13/h1-2,5,8,13,17H,3-4,6-7,9-11H2. The lowest BCUT2D eigenvalue weighted by Crippen LogP contribution is -2.40. The van der Waals surface area contributed by atoms with Gasteiger partial charge in [0.2, 0.25) is 0 Å². The van der Waals surface area contributed by atoms with Gasteiger partial charge in [-0.15, -0.1) is 0 Å². The molecular formula is C14H20FNO. The normalized spacial score (nSPS) is 16.2. The third-order valence-corrected chi connectivity index (χ3v) is 3.53. The molecule has 0 aromatic heterocycles. The quantitative estimate of drug-likeness (QED) is 0.822. The number of benzene rings is 1. The van der Waals surface area contributed by atoms with Crippen molar-refractivity contribution in [3.8, 4) is 0 Å². The molecule has 1 fully saturated rings. The van der Waals surface area contributed by atoms with Gasteiger partial charge in [0.05, 0.1) is 0 Å². The molecule has 1 aromatic carbocycles. The maximum Gasteiger partial charge on any atom is 0.127 e. The van der Waals surface area contributed by atoms with Crippen molar-refractivity contribution in [3.05, 3.63) is 35.6 Å². The molecule has 1 aliphatic carbocycles. The number of rotatable bonds is 6. The summed E-state index contributed by atoms with van der Waals surface area (Å²) < 4.78 is 13.6. The van der Waals surface area contributed by atoms with Crippen molar-refractivity contribution in [1.29, 1.82) is 0 Å². The summed E-state index contributed by atoms with van der Waals surface area (Å²) in [5.41, 5.74) is 0.761. The Morgan fingerprint density at radius 1 is 1.29 bits per heavy atom. The minimum Gasteiger partial charge on any atom is -0.396 e. The Morgan fingerprint density at radius 3 is 2.65 bits per heavy atom. The van der Waals surface area contributed by atoms with Gasteiger partial charge in [-0.05, 0) is 25.3 Å². The summed E-state index contributed by atoms with van der Waals surface area (Å²) in [6, 6.07) is 7.55. The van der Waals surface area contributed by atoms with Crippen molar-refractivity contribution < 1.29 is 9.50 Å². The smallest absolute Gasteiger partial charge is 0.127 e. The van der Waals surface area contributed by atoms with Crippen molar-refractivity contribution in [2.75, 3.05) is 13.2 Å². The summed E-state index contributed by atoms with van der Waals surface area (Å²) in [7, 11) is 0. The lowest BCUT2D eigenvalue weighted by atomic mass is 9.91. The minimum atomic E-state index is -0.124. The van der Waals surface area contributed by atoms with E-state index in [1.807, 2.05) is 12.1 Å². The van der Waals surface area contributed by atoms with Crippen LogP contribution in [0, 0.1) is 5.82 Å². The van der Waals surface area contributed by atoms with Gasteiger partial charge >= 0.3 is 0 Å². The second kappa shape index (κ2) is 6.12. The van der Waals surface area contributed by atoms with Crippen LogP contribution in [0.15, 0.2) is 24.3 Å². The summed E-state index contributed by atoms with van der Waals surface area (Å²) in [6.45, 7) is 1.73. The van der Waals surface area contributed by atoms with Gasteiger partial charge in [0.1, 0.15) is 5.82 Å². The second-order valence-corrected chi connectivity index (χ2v) is 4.72. The van der Waals surface area contributed by atoms with E-state index < -0.39 is 0 Å². The lowest BCUT2D eigenvalue weighted by Gasteiger charge is -2.37. The average Bonchev–Trinajstić information content (AvgIpc) is 2.26. The minimum absolute atomic E-state index is 0.124. The van der Waals surface area contributed by atoms with Gasteiger partial charge < -0.3 is 5.11 Å². The number of halogens is 1. The molecule has 0 aliphatic heterocycles. The molecule has 1 N–H and O–H groups in total. The lowest BCUT2D eigenvalue weighted by molar-refractivity contribution is 0.108. The second-order valence-electron chi connectivity index (χ2n) is 4.72. The predicted octanol–water partition coefficient (Wildman–Crippen LogP) is 2.56. The zero-order valence-electron chi connectivity index (χ0n) is 10.1. The first-order valence-electron chi connectivity index (χ1n) is 6.39. The van der Waals surface area contributed by atoms with Crippen molar-refractivity contribution in [2.45, 2.75) is 38.3 Å². The summed E-state index contributed by atoms with van der Waals surface area (Å²) in [5, 5.41) is 8.91. The Balaban J connectivity index is 1.98. The monoisotopic (exact) mass is 237 g/mol. The fourth-order valence-electron chi connectivity index (χ4n) is 2.26. The first-order valence-corrected chi connectivity index (χ1v) is 6.39. The first kappa shape index (κ1) is 12.5. The number of hydrogen-bond acceptors (Lipinski definition) is 2. The van der Waals surface area contributed by atoms with Gasteiger partial charge in [0.25, 0.3) is 0 Å². The van der Waals surface area contributed by atoms with E-state index in [1.165, 1.54) is 25.3 Å². The highest BCUT2D eigenvalue weighted by molar-refractivity contribution is 5.17. The maximum atomic E-state index is 13.6. The predicted molar refractivity (Wildman–Crippen MR) is 66.2 cm³/mol. The van der Waals surface area contributed by atoms with E-state index in [4.69, 9.17) is 5.11 Å². The molecule has 0 atom stereocenters. The van der Waals surface area contributed by atoms with E-state index in [0.29, 0.717) is 12.6 Å². The maximum absolute atomic E-state index is 13.6. The molecule has 17 heavy (non-hydrogen) atoms. The number of nitrogens with zero attached hydrogens (tertiary/aromatic N) is 1. The van der Waals surface area contributed by atoms with Crippen LogP contribution in [0.25, 0.3) is 0 Å². The van der Waals surface area contributed by atoms with Gasteiger partial charge in [-0.25, -0.2) is 4.39 Å². The highest BCUT2D eigenvalue weighted by Gasteiger charge is 2.24. The van der Waals surface area contributed by atoms with Gasteiger partial charge in [-0.3, -0.25) is 4.90 Å². The zero-order valence-corrected chi connectivity index (χ0v) is 10.1. The molecule has 1 saturated carbocycles. The molecule has 3 heteroatoms.